The molecule has 0 amide bonds. The third kappa shape index (κ3) is 5.85. The Morgan fingerprint density at radius 1 is 1.21 bits per heavy atom. The molecule has 0 spiro atoms. The molecule has 1 fully saturated rings. The Kier molecular flexibility index (Phi) is 9.09. The lowest BCUT2D eigenvalue weighted by atomic mass is 9.46. The van der Waals surface area contributed by atoms with Crippen molar-refractivity contribution in [3.05, 3.63) is 35.4 Å². The molecule has 190 valence electrons. The number of hydrogen-bond acceptors (Lipinski definition) is 4. The van der Waals surface area contributed by atoms with Gasteiger partial charge in [0.15, 0.2) is 0 Å². The summed E-state index contributed by atoms with van der Waals surface area (Å²) < 4.78 is 89.6. The highest BCUT2D eigenvalue weighted by molar-refractivity contribution is 7.92. The zero-order valence-electron chi connectivity index (χ0n) is 19.3. The summed E-state index contributed by atoms with van der Waals surface area (Å²) in [6.07, 6.45) is -4.96. The lowest BCUT2D eigenvalue weighted by Crippen LogP contribution is -2.67. The van der Waals surface area contributed by atoms with Crippen molar-refractivity contribution in [1.29, 1.82) is 4.78 Å². The van der Waals surface area contributed by atoms with Crippen LogP contribution in [-0.4, -0.2) is 38.8 Å². The van der Waals surface area contributed by atoms with Crippen LogP contribution in [0, 0.1) is 10.2 Å². The van der Waals surface area contributed by atoms with Gasteiger partial charge in [0.25, 0.3) is 5.92 Å². The van der Waals surface area contributed by atoms with Gasteiger partial charge < -0.3 is 10.8 Å². The Bertz CT molecular complexity index is 919. The van der Waals surface area contributed by atoms with Gasteiger partial charge in [0, 0.05) is 26.6 Å². The smallest absolute Gasteiger partial charge is 0.416 e. The topological polar surface area (TPSA) is 104 Å². The number of carboxylic acids is 1. The van der Waals surface area contributed by atoms with Crippen LogP contribution in [0.5, 0.6) is 0 Å². The number of rotatable bonds is 9. The maximum Gasteiger partial charge on any atom is 0.416 e. The Balaban J connectivity index is 0.00000265. The summed E-state index contributed by atoms with van der Waals surface area (Å²) >= 11 is 0. The highest BCUT2D eigenvalue weighted by Gasteiger charge is 2.73. The van der Waals surface area contributed by atoms with Crippen molar-refractivity contribution >= 4 is 15.7 Å². The summed E-state index contributed by atoms with van der Waals surface area (Å²) in [5.74, 6) is -5.21. The number of nitrogens with two attached hydrogens (primary N) is 1. The molecule has 1 aliphatic rings. The molecule has 5 nitrogen and oxygen atoms in total. The first kappa shape index (κ1) is 29.3. The highest BCUT2D eigenvalue weighted by atomic mass is 32.2. The SMILES string of the molecule is CC.CCC1(CCS(=N)(=O)CCC(N)C(=O)O)CC(C)(c2ccc(C(F)(F)F)cc2)C1(F)F. The van der Waals surface area contributed by atoms with Crippen LogP contribution in [0.4, 0.5) is 22.0 Å². The van der Waals surface area contributed by atoms with E-state index in [1.807, 2.05) is 13.8 Å². The fourth-order valence-electron chi connectivity index (χ4n) is 4.36. The van der Waals surface area contributed by atoms with E-state index >= 15 is 8.78 Å². The Morgan fingerprint density at radius 2 is 1.73 bits per heavy atom. The molecule has 1 aliphatic carbocycles. The molecule has 0 bridgehead atoms. The number of carboxylic acid groups (broad SMARTS) is 1. The summed E-state index contributed by atoms with van der Waals surface area (Å²) in [5.41, 5.74) is 1.31. The van der Waals surface area contributed by atoms with Crippen LogP contribution in [0.25, 0.3) is 0 Å². The largest absolute Gasteiger partial charge is 0.480 e. The molecule has 4 unspecified atom stereocenters. The van der Waals surface area contributed by atoms with E-state index in [2.05, 4.69) is 0 Å². The van der Waals surface area contributed by atoms with Gasteiger partial charge in [0.2, 0.25) is 0 Å². The lowest BCUT2D eigenvalue weighted by Gasteiger charge is -2.61. The minimum absolute atomic E-state index is 0.0287. The fourth-order valence-corrected chi connectivity index (χ4v) is 5.92. The standard InChI is InChI=1S/C20H27F5N2O3S.C2H6/c1-3-18(9-11-31(27,30)10-8-15(26)16(28)29)12-17(2,20(18,24)25)13-4-6-14(7-5-13)19(21,22)23;1-2/h4-7,15,27H,3,8-12,26H2,1-2H3,(H,28,29);1-2H3. The third-order valence-corrected chi connectivity index (χ3v) is 8.32. The van der Waals surface area contributed by atoms with Gasteiger partial charge in [-0.25, -0.2) is 13.0 Å². The molecule has 0 saturated heterocycles. The molecule has 0 radical (unpaired) electrons. The van der Waals surface area contributed by atoms with Crippen LogP contribution in [-0.2, 0) is 26.1 Å². The van der Waals surface area contributed by atoms with Gasteiger partial charge in [-0.3, -0.25) is 9.57 Å². The van der Waals surface area contributed by atoms with Gasteiger partial charge in [-0.15, -0.1) is 0 Å². The Hall–Kier alpha value is -1.75. The van der Waals surface area contributed by atoms with Crippen molar-refractivity contribution < 1.29 is 36.1 Å². The molecule has 4 N–H and O–H groups in total. The number of aliphatic carboxylic acids is 1. The average Bonchev–Trinajstić information content (AvgIpc) is 2.75. The predicted molar refractivity (Wildman–Crippen MR) is 118 cm³/mol. The molecule has 11 heteroatoms. The van der Waals surface area contributed by atoms with Crippen molar-refractivity contribution in [1.82, 2.24) is 0 Å². The summed E-state index contributed by atoms with van der Waals surface area (Å²) in [6, 6.07) is 2.42. The Labute approximate surface area is 191 Å². The normalized spacial score (nSPS) is 26.8. The zero-order valence-corrected chi connectivity index (χ0v) is 20.1. The third-order valence-electron chi connectivity index (χ3n) is 6.56. The number of alkyl halides is 5. The minimum Gasteiger partial charge on any atom is -0.480 e. The van der Waals surface area contributed by atoms with E-state index in [0.29, 0.717) is 0 Å². The molecule has 4 atom stereocenters. The van der Waals surface area contributed by atoms with Crippen molar-refractivity contribution in [3.63, 3.8) is 0 Å². The fraction of sp³-hybridized carbons (Fsp3) is 0.682. The second kappa shape index (κ2) is 10.2. The van der Waals surface area contributed by atoms with E-state index in [9.17, 15) is 22.2 Å². The first-order valence-electron chi connectivity index (χ1n) is 10.8. The van der Waals surface area contributed by atoms with E-state index in [1.54, 1.807) is 6.92 Å². The van der Waals surface area contributed by atoms with Gasteiger partial charge >= 0.3 is 12.1 Å². The van der Waals surface area contributed by atoms with Crippen LogP contribution in [0.15, 0.2) is 24.3 Å². The number of hydrogen-bond donors (Lipinski definition) is 3. The van der Waals surface area contributed by atoms with E-state index in [4.69, 9.17) is 15.6 Å². The van der Waals surface area contributed by atoms with Gasteiger partial charge in [-0.05, 0) is 50.3 Å². The summed E-state index contributed by atoms with van der Waals surface area (Å²) in [7, 11) is -3.31. The van der Waals surface area contributed by atoms with E-state index < -0.39 is 50.2 Å². The second-order valence-corrected chi connectivity index (χ2v) is 10.9. The van der Waals surface area contributed by atoms with Gasteiger partial charge in [-0.1, -0.05) is 32.9 Å². The van der Waals surface area contributed by atoms with E-state index in [1.165, 1.54) is 6.92 Å². The van der Waals surface area contributed by atoms with Crippen LogP contribution in [0.1, 0.15) is 64.5 Å². The number of carbonyl (C=O) groups is 1. The molecule has 0 heterocycles. The van der Waals surface area contributed by atoms with E-state index in [0.717, 1.165) is 24.3 Å². The lowest BCUT2D eigenvalue weighted by molar-refractivity contribution is -0.266. The monoisotopic (exact) mass is 500 g/mol. The van der Waals surface area contributed by atoms with Crippen LogP contribution < -0.4 is 5.73 Å². The molecule has 1 aromatic carbocycles. The molecule has 1 saturated carbocycles. The molecule has 0 aromatic heterocycles. The zero-order chi connectivity index (χ0) is 25.9. The number of nitrogens with one attached hydrogen (secondary N) is 1. The summed E-state index contributed by atoms with van der Waals surface area (Å²) in [6.45, 7) is 6.86. The van der Waals surface area contributed by atoms with Gasteiger partial charge in [0.05, 0.1) is 11.0 Å². The predicted octanol–water partition coefficient (Wildman–Crippen LogP) is 5.66. The van der Waals surface area contributed by atoms with Crippen molar-refractivity contribution in [2.45, 2.75) is 76.9 Å². The number of benzene rings is 1. The average molecular weight is 501 g/mol. The molecule has 33 heavy (non-hydrogen) atoms. The number of halogens is 5. The van der Waals surface area contributed by atoms with E-state index in [-0.39, 0.29) is 42.8 Å². The van der Waals surface area contributed by atoms with Crippen molar-refractivity contribution in [2.75, 3.05) is 11.5 Å². The quantitative estimate of drug-likeness (QED) is 0.380. The molecule has 1 aromatic rings. The summed E-state index contributed by atoms with van der Waals surface area (Å²) in [5, 5.41) is 8.78. The van der Waals surface area contributed by atoms with Crippen LogP contribution in [0.2, 0.25) is 0 Å². The minimum atomic E-state index is -4.56. The first-order chi connectivity index (χ1) is 15.0. The van der Waals surface area contributed by atoms with Crippen LogP contribution >= 0.6 is 0 Å². The second-order valence-electron chi connectivity index (χ2n) is 8.50. The maximum absolute atomic E-state index is 15.4. The molecule has 0 aliphatic heterocycles. The van der Waals surface area contributed by atoms with Crippen molar-refractivity contribution in [3.8, 4) is 0 Å². The highest BCUT2D eigenvalue weighted by Crippen LogP contribution is 2.68. The maximum atomic E-state index is 15.4. The molecular formula is C22H33F5N2O3S. The first-order valence-corrected chi connectivity index (χ1v) is 12.7. The molecule has 2 rings (SSSR count). The summed E-state index contributed by atoms with van der Waals surface area (Å²) in [4.78, 5) is 10.8. The van der Waals surface area contributed by atoms with Crippen molar-refractivity contribution in [2.24, 2.45) is 11.1 Å². The molecular weight excluding hydrogens is 467 g/mol. The van der Waals surface area contributed by atoms with Gasteiger partial charge in [-0.2, -0.15) is 13.2 Å². The Morgan fingerprint density at radius 3 is 2.12 bits per heavy atom. The van der Waals surface area contributed by atoms with Gasteiger partial charge in [0.1, 0.15) is 6.04 Å². The van der Waals surface area contributed by atoms with Crippen LogP contribution in [0.3, 0.4) is 0 Å².